The lowest BCUT2D eigenvalue weighted by Crippen LogP contribution is -2.39. The molecule has 0 aliphatic carbocycles. The fourth-order valence-electron chi connectivity index (χ4n) is 1.65. The van der Waals surface area contributed by atoms with Gasteiger partial charge in [0.25, 0.3) is 0 Å². The van der Waals surface area contributed by atoms with Crippen LogP contribution in [0.2, 0.25) is 0 Å². The summed E-state index contributed by atoms with van der Waals surface area (Å²) < 4.78 is 22.7. The zero-order valence-electron chi connectivity index (χ0n) is 11.5. The SMILES string of the molecule is CCC[C@@H](NC(=O)[C@H](C)S(C)(=O)=O)c1ccccn1. The van der Waals surface area contributed by atoms with E-state index in [9.17, 15) is 13.2 Å². The van der Waals surface area contributed by atoms with Crippen LogP contribution < -0.4 is 5.32 Å². The molecule has 1 aromatic rings. The summed E-state index contributed by atoms with van der Waals surface area (Å²) in [6.45, 7) is 3.40. The first-order chi connectivity index (χ1) is 8.86. The van der Waals surface area contributed by atoms with Gasteiger partial charge in [0.05, 0.1) is 11.7 Å². The minimum Gasteiger partial charge on any atom is -0.347 e. The molecule has 106 valence electrons. The van der Waals surface area contributed by atoms with Crippen LogP contribution in [-0.4, -0.2) is 30.8 Å². The van der Waals surface area contributed by atoms with Crippen molar-refractivity contribution in [3.8, 4) is 0 Å². The predicted octanol–water partition coefficient (Wildman–Crippen LogP) is 1.47. The first kappa shape index (κ1) is 15.6. The van der Waals surface area contributed by atoms with Crippen molar-refractivity contribution in [1.29, 1.82) is 0 Å². The number of carbonyl (C=O) groups excluding carboxylic acids is 1. The molecule has 6 heteroatoms. The van der Waals surface area contributed by atoms with E-state index in [-0.39, 0.29) is 6.04 Å². The number of pyridine rings is 1. The Morgan fingerprint density at radius 2 is 2.11 bits per heavy atom. The van der Waals surface area contributed by atoms with E-state index in [2.05, 4.69) is 10.3 Å². The highest BCUT2D eigenvalue weighted by atomic mass is 32.2. The van der Waals surface area contributed by atoms with Crippen LogP contribution in [0.4, 0.5) is 0 Å². The molecule has 19 heavy (non-hydrogen) atoms. The molecule has 2 atom stereocenters. The molecule has 1 heterocycles. The first-order valence-corrected chi connectivity index (χ1v) is 8.22. The van der Waals surface area contributed by atoms with E-state index < -0.39 is 21.0 Å². The minimum absolute atomic E-state index is 0.247. The maximum absolute atomic E-state index is 11.9. The number of hydrogen-bond donors (Lipinski definition) is 1. The standard InChI is InChI=1S/C13H20N2O3S/c1-4-7-12(11-8-5-6-9-14-11)15-13(16)10(2)19(3,17)18/h5-6,8-10,12H,4,7H2,1-3H3,(H,15,16)/t10-,12+/m0/s1. The fourth-order valence-corrected chi connectivity index (χ4v) is 2.11. The molecule has 0 radical (unpaired) electrons. The van der Waals surface area contributed by atoms with E-state index in [4.69, 9.17) is 0 Å². The van der Waals surface area contributed by atoms with Gasteiger partial charge in [0, 0.05) is 12.5 Å². The molecule has 0 bridgehead atoms. The Kier molecular flexibility index (Phi) is 5.47. The van der Waals surface area contributed by atoms with E-state index in [1.807, 2.05) is 19.1 Å². The van der Waals surface area contributed by atoms with Gasteiger partial charge in [-0.25, -0.2) is 8.42 Å². The van der Waals surface area contributed by atoms with Crippen LogP contribution in [0.1, 0.15) is 38.4 Å². The Bertz CT molecular complexity index is 514. The highest BCUT2D eigenvalue weighted by molar-refractivity contribution is 7.92. The molecule has 0 aromatic carbocycles. The molecule has 0 aliphatic rings. The van der Waals surface area contributed by atoms with Gasteiger partial charge in [-0.15, -0.1) is 0 Å². The third-order valence-electron chi connectivity index (χ3n) is 2.95. The zero-order chi connectivity index (χ0) is 14.5. The molecule has 0 fully saturated rings. The van der Waals surface area contributed by atoms with Crippen molar-refractivity contribution in [2.24, 2.45) is 0 Å². The Balaban J connectivity index is 2.83. The van der Waals surface area contributed by atoms with Crippen LogP contribution in [0.25, 0.3) is 0 Å². The van der Waals surface area contributed by atoms with Crippen LogP contribution in [-0.2, 0) is 14.6 Å². The molecule has 1 N–H and O–H groups in total. The van der Waals surface area contributed by atoms with Gasteiger partial charge in [0.1, 0.15) is 5.25 Å². The van der Waals surface area contributed by atoms with Crippen LogP contribution in [0.3, 0.4) is 0 Å². The summed E-state index contributed by atoms with van der Waals surface area (Å²) in [6.07, 6.45) is 4.31. The van der Waals surface area contributed by atoms with Gasteiger partial charge in [-0.05, 0) is 25.5 Å². The number of nitrogens with zero attached hydrogens (tertiary/aromatic N) is 1. The molecule has 0 saturated carbocycles. The smallest absolute Gasteiger partial charge is 0.238 e. The summed E-state index contributed by atoms with van der Waals surface area (Å²) in [5, 5.41) is 1.71. The number of carbonyl (C=O) groups is 1. The van der Waals surface area contributed by atoms with Gasteiger partial charge in [-0.2, -0.15) is 0 Å². The molecular formula is C13H20N2O3S. The number of hydrogen-bond acceptors (Lipinski definition) is 4. The number of sulfone groups is 1. The van der Waals surface area contributed by atoms with Crippen molar-refractivity contribution >= 4 is 15.7 Å². The van der Waals surface area contributed by atoms with Crippen LogP contribution in [0, 0.1) is 0 Å². The second-order valence-electron chi connectivity index (χ2n) is 4.58. The molecule has 0 unspecified atom stereocenters. The van der Waals surface area contributed by atoms with Crippen LogP contribution >= 0.6 is 0 Å². The van der Waals surface area contributed by atoms with E-state index in [1.165, 1.54) is 6.92 Å². The monoisotopic (exact) mass is 284 g/mol. The van der Waals surface area contributed by atoms with Gasteiger partial charge in [-0.3, -0.25) is 9.78 Å². The van der Waals surface area contributed by atoms with Crippen LogP contribution in [0.15, 0.2) is 24.4 Å². The average Bonchev–Trinajstić information content (AvgIpc) is 2.37. The fraction of sp³-hybridized carbons (Fsp3) is 0.538. The zero-order valence-corrected chi connectivity index (χ0v) is 12.3. The average molecular weight is 284 g/mol. The maximum atomic E-state index is 11.9. The lowest BCUT2D eigenvalue weighted by molar-refractivity contribution is -0.121. The van der Waals surface area contributed by atoms with Crippen molar-refractivity contribution in [3.63, 3.8) is 0 Å². The van der Waals surface area contributed by atoms with Crippen molar-refractivity contribution in [1.82, 2.24) is 10.3 Å². The largest absolute Gasteiger partial charge is 0.347 e. The Labute approximate surface area is 114 Å². The van der Waals surface area contributed by atoms with Gasteiger partial charge in [-0.1, -0.05) is 19.4 Å². The van der Waals surface area contributed by atoms with E-state index in [0.29, 0.717) is 0 Å². The number of amides is 1. The quantitative estimate of drug-likeness (QED) is 0.858. The van der Waals surface area contributed by atoms with Crippen molar-refractivity contribution in [2.75, 3.05) is 6.26 Å². The third-order valence-corrected chi connectivity index (χ3v) is 4.45. The highest BCUT2D eigenvalue weighted by Gasteiger charge is 2.26. The molecule has 0 saturated heterocycles. The molecular weight excluding hydrogens is 264 g/mol. The van der Waals surface area contributed by atoms with Crippen molar-refractivity contribution < 1.29 is 13.2 Å². The van der Waals surface area contributed by atoms with E-state index in [1.54, 1.807) is 12.3 Å². The van der Waals surface area contributed by atoms with E-state index >= 15 is 0 Å². The molecule has 1 rings (SSSR count). The number of rotatable bonds is 6. The third kappa shape index (κ3) is 4.63. The molecule has 1 aromatic heterocycles. The Morgan fingerprint density at radius 1 is 1.42 bits per heavy atom. The minimum atomic E-state index is -3.38. The summed E-state index contributed by atoms with van der Waals surface area (Å²) in [4.78, 5) is 16.1. The van der Waals surface area contributed by atoms with Crippen LogP contribution in [0.5, 0.6) is 0 Å². The first-order valence-electron chi connectivity index (χ1n) is 6.26. The van der Waals surface area contributed by atoms with Gasteiger partial charge < -0.3 is 5.32 Å². The van der Waals surface area contributed by atoms with Gasteiger partial charge in [0.2, 0.25) is 5.91 Å². The summed E-state index contributed by atoms with van der Waals surface area (Å²) >= 11 is 0. The van der Waals surface area contributed by atoms with Gasteiger partial charge in [0.15, 0.2) is 9.84 Å². The Morgan fingerprint density at radius 3 is 2.58 bits per heavy atom. The molecule has 0 spiro atoms. The number of aromatic nitrogens is 1. The lowest BCUT2D eigenvalue weighted by Gasteiger charge is -2.19. The maximum Gasteiger partial charge on any atom is 0.238 e. The second-order valence-corrected chi connectivity index (χ2v) is 6.94. The Hall–Kier alpha value is -1.43. The summed E-state index contributed by atoms with van der Waals surface area (Å²) in [7, 11) is -3.38. The lowest BCUT2D eigenvalue weighted by atomic mass is 10.1. The highest BCUT2D eigenvalue weighted by Crippen LogP contribution is 2.16. The summed E-state index contributed by atoms with van der Waals surface area (Å²) in [6, 6.07) is 5.22. The van der Waals surface area contributed by atoms with E-state index in [0.717, 1.165) is 24.8 Å². The molecule has 0 aliphatic heterocycles. The van der Waals surface area contributed by atoms with Crippen molar-refractivity contribution in [3.05, 3.63) is 30.1 Å². The normalized spacial score (nSPS) is 14.7. The van der Waals surface area contributed by atoms with Crippen molar-refractivity contribution in [2.45, 2.75) is 38.0 Å². The van der Waals surface area contributed by atoms with Gasteiger partial charge >= 0.3 is 0 Å². The summed E-state index contributed by atoms with van der Waals surface area (Å²) in [5.74, 6) is -0.480. The predicted molar refractivity (Wildman–Crippen MR) is 74.3 cm³/mol. The second kappa shape index (κ2) is 6.65. The molecule has 5 nitrogen and oxygen atoms in total. The molecule has 1 amide bonds. The number of nitrogens with one attached hydrogen (secondary N) is 1. The summed E-state index contributed by atoms with van der Waals surface area (Å²) in [5.41, 5.74) is 0.749. The topological polar surface area (TPSA) is 76.1 Å².